The number of hydrogen-bond acceptors (Lipinski definition) is 2. The van der Waals surface area contributed by atoms with Gasteiger partial charge in [0, 0.05) is 0 Å². The Morgan fingerprint density at radius 3 is 2.70 bits per heavy atom. The molecule has 2 unspecified atom stereocenters. The number of aliphatic hydroxyl groups is 2. The molecule has 10 heavy (non-hydrogen) atoms. The molecule has 2 atom stereocenters. The predicted octanol–water partition coefficient (Wildman–Crippen LogP) is 0.920. The maximum absolute atomic E-state index is 9.60. The van der Waals surface area contributed by atoms with E-state index in [1.54, 1.807) is 0 Å². The summed E-state index contributed by atoms with van der Waals surface area (Å²) >= 11 is 0. The fourth-order valence-electron chi connectivity index (χ4n) is 1.78. The largest absolute Gasteiger partial charge is 0.393 e. The van der Waals surface area contributed by atoms with Crippen molar-refractivity contribution in [2.24, 2.45) is 5.92 Å². The molecule has 0 saturated heterocycles. The van der Waals surface area contributed by atoms with Crippen molar-refractivity contribution < 1.29 is 10.2 Å². The van der Waals surface area contributed by atoms with Crippen LogP contribution in [0.25, 0.3) is 0 Å². The molecule has 0 aromatic rings. The summed E-state index contributed by atoms with van der Waals surface area (Å²) in [7, 11) is 0. The highest BCUT2D eigenvalue weighted by Crippen LogP contribution is 2.31. The van der Waals surface area contributed by atoms with Crippen LogP contribution in [0, 0.1) is 5.92 Å². The van der Waals surface area contributed by atoms with Crippen molar-refractivity contribution >= 4 is 0 Å². The molecule has 0 spiro atoms. The average Bonchev–Trinajstić information content (AvgIpc) is 1.88. The smallest absolute Gasteiger partial charge is 0.0880 e. The van der Waals surface area contributed by atoms with E-state index < -0.39 is 5.60 Å². The first kappa shape index (κ1) is 8.02. The van der Waals surface area contributed by atoms with Gasteiger partial charge >= 0.3 is 0 Å². The Morgan fingerprint density at radius 2 is 2.30 bits per heavy atom. The van der Waals surface area contributed by atoms with Crippen LogP contribution in [0.3, 0.4) is 0 Å². The van der Waals surface area contributed by atoms with E-state index in [1.165, 1.54) is 6.42 Å². The molecule has 60 valence electrons. The Hall–Kier alpha value is -0.0800. The minimum Gasteiger partial charge on any atom is -0.393 e. The average molecular weight is 144 g/mol. The summed E-state index contributed by atoms with van der Waals surface area (Å²) in [6.45, 7) is 2.05. The number of rotatable bonds is 1. The molecule has 1 saturated carbocycles. The number of hydrogen-bond donors (Lipinski definition) is 2. The van der Waals surface area contributed by atoms with Crippen LogP contribution in [0.1, 0.15) is 32.6 Å². The van der Waals surface area contributed by atoms with E-state index in [-0.39, 0.29) is 6.61 Å². The molecule has 0 amide bonds. The van der Waals surface area contributed by atoms with Crippen LogP contribution in [0.4, 0.5) is 0 Å². The van der Waals surface area contributed by atoms with E-state index >= 15 is 0 Å². The van der Waals surface area contributed by atoms with Gasteiger partial charge in [-0.15, -0.1) is 0 Å². The maximum atomic E-state index is 9.60. The Kier molecular flexibility index (Phi) is 2.32. The maximum Gasteiger partial charge on any atom is 0.0880 e. The lowest BCUT2D eigenvalue weighted by molar-refractivity contribution is -0.0548. The first-order valence-corrected chi connectivity index (χ1v) is 3.99. The molecule has 2 N–H and O–H groups in total. The summed E-state index contributed by atoms with van der Waals surface area (Å²) in [6.07, 6.45) is 3.79. The van der Waals surface area contributed by atoms with Crippen LogP contribution in [-0.4, -0.2) is 22.4 Å². The van der Waals surface area contributed by atoms with E-state index in [9.17, 15) is 5.11 Å². The van der Waals surface area contributed by atoms with E-state index in [1.807, 2.05) is 0 Å². The Balaban J connectivity index is 2.45. The molecule has 0 aliphatic heterocycles. The minimum atomic E-state index is -0.752. The standard InChI is InChI=1S/C8H16O2/c1-7-3-2-4-8(10,5-7)6-9/h7,9-10H,2-6H2,1H3. The van der Waals surface area contributed by atoms with Gasteiger partial charge in [-0.1, -0.05) is 19.8 Å². The van der Waals surface area contributed by atoms with Gasteiger partial charge < -0.3 is 10.2 Å². The Bertz CT molecular complexity index is 114. The van der Waals surface area contributed by atoms with Crippen molar-refractivity contribution in [3.63, 3.8) is 0 Å². The minimum absolute atomic E-state index is 0.0721. The summed E-state index contributed by atoms with van der Waals surface area (Å²) in [4.78, 5) is 0. The van der Waals surface area contributed by atoms with Crippen molar-refractivity contribution in [3.8, 4) is 0 Å². The van der Waals surface area contributed by atoms with E-state index in [2.05, 4.69) is 6.92 Å². The molecule has 0 aromatic carbocycles. The molecule has 1 aliphatic carbocycles. The molecule has 2 nitrogen and oxygen atoms in total. The Morgan fingerprint density at radius 1 is 1.60 bits per heavy atom. The van der Waals surface area contributed by atoms with Gasteiger partial charge in [-0.25, -0.2) is 0 Å². The van der Waals surface area contributed by atoms with Crippen LogP contribution in [0.2, 0.25) is 0 Å². The number of aliphatic hydroxyl groups excluding tert-OH is 1. The van der Waals surface area contributed by atoms with E-state index in [0.29, 0.717) is 5.92 Å². The molecule has 1 fully saturated rings. The van der Waals surface area contributed by atoms with Crippen LogP contribution in [0.15, 0.2) is 0 Å². The van der Waals surface area contributed by atoms with Crippen molar-refractivity contribution in [3.05, 3.63) is 0 Å². The quantitative estimate of drug-likeness (QED) is 0.574. The normalized spacial score (nSPS) is 41.7. The summed E-state index contributed by atoms with van der Waals surface area (Å²) in [5, 5.41) is 18.4. The van der Waals surface area contributed by atoms with Crippen LogP contribution in [0.5, 0.6) is 0 Å². The summed E-state index contributed by atoms with van der Waals surface area (Å²) < 4.78 is 0. The second-order valence-corrected chi connectivity index (χ2v) is 3.58. The zero-order valence-corrected chi connectivity index (χ0v) is 6.51. The van der Waals surface area contributed by atoms with E-state index in [0.717, 1.165) is 19.3 Å². The van der Waals surface area contributed by atoms with Gasteiger partial charge in [0.1, 0.15) is 0 Å². The molecular formula is C8H16O2. The van der Waals surface area contributed by atoms with Crippen molar-refractivity contribution in [2.75, 3.05) is 6.61 Å². The van der Waals surface area contributed by atoms with Gasteiger partial charge in [-0.05, 0) is 18.8 Å². The highest BCUT2D eigenvalue weighted by atomic mass is 16.3. The highest BCUT2D eigenvalue weighted by Gasteiger charge is 2.31. The Labute approximate surface area is 61.9 Å². The lowest BCUT2D eigenvalue weighted by Crippen LogP contribution is -2.38. The van der Waals surface area contributed by atoms with Crippen LogP contribution >= 0.6 is 0 Å². The highest BCUT2D eigenvalue weighted by molar-refractivity contribution is 4.83. The second kappa shape index (κ2) is 2.89. The monoisotopic (exact) mass is 144 g/mol. The first-order valence-electron chi connectivity index (χ1n) is 3.99. The zero-order valence-electron chi connectivity index (χ0n) is 6.51. The lowest BCUT2D eigenvalue weighted by atomic mass is 9.79. The fourth-order valence-corrected chi connectivity index (χ4v) is 1.78. The van der Waals surface area contributed by atoms with Crippen LogP contribution < -0.4 is 0 Å². The first-order chi connectivity index (χ1) is 4.66. The van der Waals surface area contributed by atoms with Gasteiger partial charge in [-0.3, -0.25) is 0 Å². The molecule has 1 rings (SSSR count). The molecule has 2 heteroatoms. The van der Waals surface area contributed by atoms with Crippen LogP contribution in [-0.2, 0) is 0 Å². The van der Waals surface area contributed by atoms with Crippen molar-refractivity contribution in [2.45, 2.75) is 38.2 Å². The zero-order chi connectivity index (χ0) is 7.61. The summed E-state index contributed by atoms with van der Waals surface area (Å²) in [5.74, 6) is 0.575. The van der Waals surface area contributed by atoms with Gasteiger partial charge in [0.25, 0.3) is 0 Å². The molecule has 1 aliphatic rings. The van der Waals surface area contributed by atoms with Gasteiger partial charge in [0.2, 0.25) is 0 Å². The third-order valence-electron chi connectivity index (χ3n) is 2.36. The van der Waals surface area contributed by atoms with Crippen molar-refractivity contribution in [1.82, 2.24) is 0 Å². The molecule has 0 heterocycles. The van der Waals surface area contributed by atoms with Crippen molar-refractivity contribution in [1.29, 1.82) is 0 Å². The van der Waals surface area contributed by atoms with E-state index in [4.69, 9.17) is 5.11 Å². The molecule has 0 radical (unpaired) electrons. The second-order valence-electron chi connectivity index (χ2n) is 3.58. The summed E-state index contributed by atoms with van der Waals surface area (Å²) in [6, 6.07) is 0. The summed E-state index contributed by atoms with van der Waals surface area (Å²) in [5.41, 5.74) is -0.752. The molecule has 0 aromatic heterocycles. The topological polar surface area (TPSA) is 40.5 Å². The van der Waals surface area contributed by atoms with Gasteiger partial charge in [0.05, 0.1) is 12.2 Å². The third-order valence-corrected chi connectivity index (χ3v) is 2.36. The third kappa shape index (κ3) is 1.70. The van der Waals surface area contributed by atoms with Gasteiger partial charge in [-0.2, -0.15) is 0 Å². The SMILES string of the molecule is CC1CCCC(O)(CO)C1. The molecule has 0 bridgehead atoms. The fraction of sp³-hybridized carbons (Fsp3) is 1.00. The van der Waals surface area contributed by atoms with Gasteiger partial charge in [0.15, 0.2) is 0 Å². The lowest BCUT2D eigenvalue weighted by Gasteiger charge is -2.33. The predicted molar refractivity (Wildman–Crippen MR) is 39.7 cm³/mol. The molecular weight excluding hydrogens is 128 g/mol.